The molecule has 0 saturated heterocycles. The van der Waals surface area contributed by atoms with Crippen LogP contribution in [-0.2, 0) is 0 Å². The Morgan fingerprint density at radius 2 is 1.89 bits per heavy atom. The third kappa shape index (κ3) is 3.72. The fourth-order valence-corrected chi connectivity index (χ4v) is 3.54. The summed E-state index contributed by atoms with van der Waals surface area (Å²) in [6, 6.07) is 16.2. The molecule has 0 aliphatic rings. The average molecular weight is 462 g/mol. The first-order valence-electron chi connectivity index (χ1n) is 7.89. The zero-order valence-electron chi connectivity index (χ0n) is 13.7. The first-order chi connectivity index (χ1) is 13.0. The van der Waals surface area contributed by atoms with Crippen LogP contribution in [0.3, 0.4) is 0 Å². The van der Waals surface area contributed by atoms with E-state index in [1.165, 1.54) is 12.3 Å². The molecule has 4 nitrogen and oxygen atoms in total. The summed E-state index contributed by atoms with van der Waals surface area (Å²) >= 11 is 15.4. The molecule has 4 rings (SSSR count). The third-order valence-electron chi connectivity index (χ3n) is 3.89. The first kappa shape index (κ1) is 18.0. The lowest BCUT2D eigenvalue weighted by molar-refractivity contribution is 0.475. The summed E-state index contributed by atoms with van der Waals surface area (Å²) in [6.07, 6.45) is 1.50. The van der Waals surface area contributed by atoms with Gasteiger partial charge in [0, 0.05) is 21.3 Å². The highest BCUT2D eigenvalue weighted by Crippen LogP contribution is 2.32. The summed E-state index contributed by atoms with van der Waals surface area (Å²) in [6.45, 7) is 0. The number of oxazole rings is 1. The number of aliphatic imine (C=N–C) groups is 1. The number of aromatic hydroxyl groups is 1. The SMILES string of the molecule is Oc1c(Cl)cc(Cl)cc1C=Nc1ccc2oc(-c3ccccc3Br)nc2c1. The summed E-state index contributed by atoms with van der Waals surface area (Å²) in [5.74, 6) is 0.460. The van der Waals surface area contributed by atoms with E-state index < -0.39 is 0 Å². The Morgan fingerprint density at radius 3 is 2.70 bits per heavy atom. The van der Waals surface area contributed by atoms with Gasteiger partial charge < -0.3 is 9.52 Å². The minimum Gasteiger partial charge on any atom is -0.506 e. The molecule has 1 N–H and O–H groups in total. The van der Waals surface area contributed by atoms with Gasteiger partial charge in [-0.1, -0.05) is 35.3 Å². The zero-order chi connectivity index (χ0) is 19.0. The Hall–Kier alpha value is -2.34. The van der Waals surface area contributed by atoms with Crippen LogP contribution < -0.4 is 0 Å². The molecule has 134 valence electrons. The van der Waals surface area contributed by atoms with Gasteiger partial charge in [-0.15, -0.1) is 0 Å². The number of hydrogen-bond donors (Lipinski definition) is 1. The second-order valence-corrected chi connectivity index (χ2v) is 7.43. The second-order valence-electron chi connectivity index (χ2n) is 5.73. The molecule has 0 fully saturated rings. The number of halogens is 3. The number of phenols is 1. The van der Waals surface area contributed by atoms with Crippen molar-refractivity contribution in [2.45, 2.75) is 0 Å². The van der Waals surface area contributed by atoms with E-state index in [0.29, 0.717) is 33.3 Å². The predicted octanol–water partition coefficient (Wildman–Crippen LogP) is 7.02. The van der Waals surface area contributed by atoms with Crippen LogP contribution in [-0.4, -0.2) is 16.3 Å². The lowest BCUT2D eigenvalue weighted by Gasteiger charge is -2.02. The van der Waals surface area contributed by atoms with Crippen LogP contribution in [0.1, 0.15) is 5.56 Å². The summed E-state index contributed by atoms with van der Waals surface area (Å²) in [4.78, 5) is 8.92. The molecule has 0 radical (unpaired) electrons. The molecular formula is C20H11BrCl2N2O2. The minimum atomic E-state index is -0.0662. The maximum absolute atomic E-state index is 10.0. The van der Waals surface area contributed by atoms with Crippen LogP contribution in [0, 0.1) is 0 Å². The molecule has 1 heterocycles. The van der Waals surface area contributed by atoms with Crippen molar-refractivity contribution < 1.29 is 9.52 Å². The lowest BCUT2D eigenvalue weighted by Crippen LogP contribution is -1.84. The summed E-state index contributed by atoms with van der Waals surface area (Å²) in [5, 5.41) is 10.6. The van der Waals surface area contributed by atoms with Crippen molar-refractivity contribution >= 4 is 62.1 Å². The van der Waals surface area contributed by atoms with Gasteiger partial charge in [0.1, 0.15) is 11.3 Å². The number of nitrogens with zero attached hydrogens (tertiary/aromatic N) is 2. The van der Waals surface area contributed by atoms with Gasteiger partial charge in [0.05, 0.1) is 16.3 Å². The summed E-state index contributed by atoms with van der Waals surface area (Å²) in [5.41, 5.74) is 3.31. The normalized spacial score (nSPS) is 11.5. The highest BCUT2D eigenvalue weighted by molar-refractivity contribution is 9.10. The van der Waals surface area contributed by atoms with Gasteiger partial charge in [0.15, 0.2) is 5.58 Å². The van der Waals surface area contributed by atoms with Crippen molar-refractivity contribution in [1.29, 1.82) is 0 Å². The smallest absolute Gasteiger partial charge is 0.228 e. The molecule has 0 spiro atoms. The van der Waals surface area contributed by atoms with E-state index in [-0.39, 0.29) is 10.8 Å². The predicted molar refractivity (Wildman–Crippen MR) is 113 cm³/mol. The van der Waals surface area contributed by atoms with Crippen molar-refractivity contribution in [3.05, 3.63) is 74.7 Å². The summed E-state index contributed by atoms with van der Waals surface area (Å²) < 4.78 is 6.74. The highest BCUT2D eigenvalue weighted by Gasteiger charge is 2.11. The molecular weight excluding hydrogens is 451 g/mol. The topological polar surface area (TPSA) is 58.6 Å². The van der Waals surface area contributed by atoms with Gasteiger partial charge in [-0.25, -0.2) is 4.98 Å². The Kier molecular flexibility index (Phi) is 4.91. The van der Waals surface area contributed by atoms with E-state index in [1.807, 2.05) is 24.3 Å². The Labute approximate surface area is 173 Å². The molecule has 0 aliphatic carbocycles. The fourth-order valence-electron chi connectivity index (χ4n) is 2.57. The Morgan fingerprint density at radius 1 is 1.07 bits per heavy atom. The van der Waals surface area contributed by atoms with E-state index in [0.717, 1.165) is 10.0 Å². The number of aromatic nitrogens is 1. The van der Waals surface area contributed by atoms with Crippen molar-refractivity contribution in [3.8, 4) is 17.2 Å². The van der Waals surface area contributed by atoms with Crippen LogP contribution in [0.2, 0.25) is 10.0 Å². The average Bonchev–Trinajstić information content (AvgIpc) is 3.07. The molecule has 0 unspecified atom stereocenters. The maximum Gasteiger partial charge on any atom is 0.228 e. The van der Waals surface area contributed by atoms with Gasteiger partial charge in [0.25, 0.3) is 0 Å². The van der Waals surface area contributed by atoms with E-state index >= 15 is 0 Å². The van der Waals surface area contributed by atoms with Crippen molar-refractivity contribution in [1.82, 2.24) is 4.98 Å². The van der Waals surface area contributed by atoms with Crippen molar-refractivity contribution in [2.24, 2.45) is 4.99 Å². The van der Waals surface area contributed by atoms with Gasteiger partial charge >= 0.3 is 0 Å². The zero-order valence-corrected chi connectivity index (χ0v) is 16.8. The van der Waals surface area contributed by atoms with E-state index in [9.17, 15) is 5.11 Å². The van der Waals surface area contributed by atoms with Crippen molar-refractivity contribution in [3.63, 3.8) is 0 Å². The monoisotopic (exact) mass is 460 g/mol. The minimum absolute atomic E-state index is 0.0662. The number of hydrogen-bond acceptors (Lipinski definition) is 4. The van der Waals surface area contributed by atoms with Crippen LogP contribution in [0.5, 0.6) is 5.75 Å². The van der Waals surface area contributed by atoms with Crippen LogP contribution in [0.4, 0.5) is 5.69 Å². The molecule has 3 aromatic carbocycles. The number of rotatable bonds is 3. The lowest BCUT2D eigenvalue weighted by atomic mass is 10.2. The second kappa shape index (κ2) is 7.35. The molecule has 0 atom stereocenters. The van der Waals surface area contributed by atoms with E-state index in [1.54, 1.807) is 24.3 Å². The fraction of sp³-hybridized carbons (Fsp3) is 0. The molecule has 4 aromatic rings. The van der Waals surface area contributed by atoms with Gasteiger partial charge in [-0.2, -0.15) is 0 Å². The summed E-state index contributed by atoms with van der Waals surface area (Å²) in [7, 11) is 0. The maximum atomic E-state index is 10.0. The molecule has 27 heavy (non-hydrogen) atoms. The first-order valence-corrected chi connectivity index (χ1v) is 9.44. The van der Waals surface area contributed by atoms with Crippen LogP contribution >= 0.6 is 39.1 Å². The number of benzene rings is 3. The van der Waals surface area contributed by atoms with Gasteiger partial charge in [-0.05, 0) is 58.4 Å². The molecule has 7 heteroatoms. The quantitative estimate of drug-likeness (QED) is 0.333. The molecule has 0 bridgehead atoms. The molecule has 0 saturated carbocycles. The van der Waals surface area contributed by atoms with Gasteiger partial charge in [0.2, 0.25) is 5.89 Å². The standard InChI is InChI=1S/C20H11BrCl2N2O2/c21-15-4-2-1-3-14(15)20-25-17-9-13(5-6-18(17)27-20)24-10-11-7-12(22)8-16(23)19(11)26/h1-10,26H. The van der Waals surface area contributed by atoms with E-state index in [2.05, 4.69) is 25.9 Å². The largest absolute Gasteiger partial charge is 0.506 e. The van der Waals surface area contributed by atoms with Crippen molar-refractivity contribution in [2.75, 3.05) is 0 Å². The van der Waals surface area contributed by atoms with E-state index in [4.69, 9.17) is 27.6 Å². The molecule has 0 aliphatic heterocycles. The number of fused-ring (bicyclic) bond motifs is 1. The Bertz CT molecular complexity index is 1190. The van der Waals surface area contributed by atoms with Gasteiger partial charge in [-0.3, -0.25) is 4.99 Å². The van der Waals surface area contributed by atoms with Crippen LogP contribution in [0.15, 0.2) is 68.5 Å². The third-order valence-corrected chi connectivity index (χ3v) is 5.08. The Balaban J connectivity index is 1.69. The molecule has 1 aromatic heterocycles. The molecule has 0 amide bonds. The highest BCUT2D eigenvalue weighted by atomic mass is 79.9. The van der Waals surface area contributed by atoms with Crippen LogP contribution in [0.25, 0.3) is 22.6 Å². The number of phenolic OH excluding ortho intramolecular Hbond substituents is 1.